The summed E-state index contributed by atoms with van der Waals surface area (Å²) in [6, 6.07) is 17.6. The standard InChI is InChI=1S/C18H17F3N2O/c19-18(20,21)16(22-12-14-7-3-1-4-8-14)11-17(24)23-13-15-9-5-2-6-10-15/h1-11,22H,12-13H2,(H,23,24)/b16-11-. The molecular formula is C18H17F3N2O. The van der Waals surface area contributed by atoms with Crippen LogP contribution in [0.1, 0.15) is 11.1 Å². The van der Waals surface area contributed by atoms with Crippen molar-refractivity contribution in [1.29, 1.82) is 0 Å². The highest BCUT2D eigenvalue weighted by atomic mass is 19.4. The zero-order chi connectivity index (χ0) is 17.4. The summed E-state index contributed by atoms with van der Waals surface area (Å²) < 4.78 is 39.1. The van der Waals surface area contributed by atoms with Crippen LogP contribution in [0, 0.1) is 0 Å². The average Bonchev–Trinajstić information content (AvgIpc) is 2.57. The molecule has 3 nitrogen and oxygen atoms in total. The summed E-state index contributed by atoms with van der Waals surface area (Å²) in [5.41, 5.74) is 0.430. The molecule has 0 aliphatic heterocycles. The fraction of sp³-hybridized carbons (Fsp3) is 0.167. The third-order valence-corrected chi connectivity index (χ3v) is 3.22. The molecule has 0 spiro atoms. The van der Waals surface area contributed by atoms with Crippen LogP contribution in [0.4, 0.5) is 13.2 Å². The van der Waals surface area contributed by atoms with Crippen LogP contribution in [-0.4, -0.2) is 12.1 Å². The Hall–Kier alpha value is -2.76. The lowest BCUT2D eigenvalue weighted by atomic mass is 10.2. The Morgan fingerprint density at radius 3 is 1.75 bits per heavy atom. The molecule has 2 rings (SSSR count). The number of hydrogen-bond donors (Lipinski definition) is 2. The van der Waals surface area contributed by atoms with Gasteiger partial charge in [0.05, 0.1) is 0 Å². The molecule has 126 valence electrons. The third kappa shape index (κ3) is 5.79. The number of benzene rings is 2. The highest BCUT2D eigenvalue weighted by molar-refractivity contribution is 5.88. The minimum absolute atomic E-state index is 0.0157. The molecular weight excluding hydrogens is 317 g/mol. The highest BCUT2D eigenvalue weighted by Crippen LogP contribution is 2.23. The number of carbonyl (C=O) groups is 1. The number of nitrogens with one attached hydrogen (secondary N) is 2. The molecule has 0 heterocycles. The summed E-state index contributed by atoms with van der Waals surface area (Å²) in [6.07, 6.45) is -4.08. The SMILES string of the molecule is O=C(/C=C(\NCc1ccccc1)C(F)(F)F)NCc1ccccc1. The van der Waals surface area contributed by atoms with Gasteiger partial charge in [-0.15, -0.1) is 0 Å². The fourth-order valence-electron chi connectivity index (χ4n) is 1.99. The minimum Gasteiger partial charge on any atom is -0.377 e. The Kier molecular flexibility index (Phi) is 6.01. The fourth-order valence-corrected chi connectivity index (χ4v) is 1.99. The van der Waals surface area contributed by atoms with Crippen molar-refractivity contribution in [2.45, 2.75) is 19.3 Å². The number of amides is 1. The molecule has 2 N–H and O–H groups in total. The van der Waals surface area contributed by atoms with E-state index in [9.17, 15) is 18.0 Å². The van der Waals surface area contributed by atoms with Crippen LogP contribution in [0.5, 0.6) is 0 Å². The van der Waals surface area contributed by atoms with Gasteiger partial charge in [0, 0.05) is 19.2 Å². The third-order valence-electron chi connectivity index (χ3n) is 3.22. The Morgan fingerprint density at radius 2 is 1.29 bits per heavy atom. The van der Waals surface area contributed by atoms with Gasteiger partial charge in [0.25, 0.3) is 0 Å². The van der Waals surface area contributed by atoms with Crippen LogP contribution in [0.2, 0.25) is 0 Å². The topological polar surface area (TPSA) is 41.1 Å². The van der Waals surface area contributed by atoms with Crippen molar-refractivity contribution in [3.05, 3.63) is 83.6 Å². The average molecular weight is 334 g/mol. The van der Waals surface area contributed by atoms with E-state index in [1.807, 2.05) is 6.07 Å². The molecule has 1 amide bonds. The van der Waals surface area contributed by atoms with E-state index in [2.05, 4.69) is 10.6 Å². The van der Waals surface area contributed by atoms with Crippen LogP contribution in [0.15, 0.2) is 72.4 Å². The van der Waals surface area contributed by atoms with Gasteiger partial charge in [-0.05, 0) is 11.1 Å². The van der Waals surface area contributed by atoms with Gasteiger partial charge in [-0.25, -0.2) is 0 Å². The van der Waals surface area contributed by atoms with Gasteiger partial charge < -0.3 is 10.6 Å². The maximum atomic E-state index is 13.0. The lowest BCUT2D eigenvalue weighted by Crippen LogP contribution is -2.29. The van der Waals surface area contributed by atoms with Crippen LogP contribution in [-0.2, 0) is 17.9 Å². The number of halogens is 3. The first-order valence-electron chi connectivity index (χ1n) is 7.33. The summed E-state index contributed by atoms with van der Waals surface area (Å²) in [5.74, 6) is -0.799. The minimum atomic E-state index is -4.63. The van der Waals surface area contributed by atoms with Crippen molar-refractivity contribution in [3.63, 3.8) is 0 Å². The zero-order valence-electron chi connectivity index (χ0n) is 12.8. The lowest BCUT2D eigenvalue weighted by molar-refractivity contribution is -0.118. The summed E-state index contributed by atoms with van der Waals surface area (Å²) >= 11 is 0. The monoisotopic (exact) mass is 334 g/mol. The van der Waals surface area contributed by atoms with Crippen molar-refractivity contribution in [1.82, 2.24) is 10.6 Å². The van der Waals surface area contributed by atoms with Crippen molar-refractivity contribution in [2.24, 2.45) is 0 Å². The molecule has 0 fully saturated rings. The summed E-state index contributed by atoms with van der Waals surface area (Å²) in [4.78, 5) is 11.8. The largest absolute Gasteiger partial charge is 0.431 e. The molecule has 0 aromatic heterocycles. The number of rotatable bonds is 6. The van der Waals surface area contributed by atoms with Gasteiger partial charge in [0.15, 0.2) is 0 Å². The molecule has 0 atom stereocenters. The Morgan fingerprint density at radius 1 is 0.833 bits per heavy atom. The molecule has 0 saturated heterocycles. The number of allylic oxidation sites excluding steroid dienone is 1. The van der Waals surface area contributed by atoms with E-state index in [4.69, 9.17) is 0 Å². The van der Waals surface area contributed by atoms with Crippen molar-refractivity contribution < 1.29 is 18.0 Å². The molecule has 2 aromatic rings. The first-order valence-corrected chi connectivity index (χ1v) is 7.33. The van der Waals surface area contributed by atoms with Crippen LogP contribution < -0.4 is 10.6 Å². The van der Waals surface area contributed by atoms with Gasteiger partial charge >= 0.3 is 6.18 Å². The predicted molar refractivity (Wildman–Crippen MR) is 85.7 cm³/mol. The second-order valence-corrected chi connectivity index (χ2v) is 5.10. The molecule has 0 saturated carbocycles. The quantitative estimate of drug-likeness (QED) is 0.794. The van der Waals surface area contributed by atoms with E-state index >= 15 is 0 Å². The normalized spacial score (nSPS) is 11.9. The van der Waals surface area contributed by atoms with E-state index in [1.165, 1.54) is 0 Å². The first kappa shape index (κ1) is 17.6. The molecule has 24 heavy (non-hydrogen) atoms. The zero-order valence-corrected chi connectivity index (χ0v) is 12.8. The number of alkyl halides is 3. The van der Waals surface area contributed by atoms with E-state index in [0.717, 1.165) is 5.56 Å². The summed E-state index contributed by atoms with van der Waals surface area (Å²) in [5, 5.41) is 4.72. The Bertz CT molecular complexity index is 682. The maximum Gasteiger partial charge on any atom is 0.431 e. The molecule has 0 bridgehead atoms. The summed E-state index contributed by atoms with van der Waals surface area (Å²) in [7, 11) is 0. The molecule has 0 aliphatic rings. The van der Waals surface area contributed by atoms with E-state index < -0.39 is 17.8 Å². The lowest BCUT2D eigenvalue weighted by Gasteiger charge is -2.14. The van der Waals surface area contributed by atoms with Crippen molar-refractivity contribution >= 4 is 5.91 Å². The number of hydrogen-bond acceptors (Lipinski definition) is 2. The molecule has 0 unspecified atom stereocenters. The van der Waals surface area contributed by atoms with Crippen LogP contribution in [0.3, 0.4) is 0 Å². The highest BCUT2D eigenvalue weighted by Gasteiger charge is 2.34. The van der Waals surface area contributed by atoms with Gasteiger partial charge in [0.1, 0.15) is 5.70 Å². The van der Waals surface area contributed by atoms with Crippen molar-refractivity contribution in [2.75, 3.05) is 0 Å². The predicted octanol–water partition coefficient (Wildman–Crippen LogP) is 3.54. The van der Waals surface area contributed by atoms with Crippen LogP contribution in [0.25, 0.3) is 0 Å². The molecule has 6 heteroatoms. The van der Waals surface area contributed by atoms with Crippen LogP contribution >= 0.6 is 0 Å². The Labute approximate surface area is 138 Å². The van der Waals surface area contributed by atoms with E-state index in [0.29, 0.717) is 11.6 Å². The second kappa shape index (κ2) is 8.19. The first-order chi connectivity index (χ1) is 11.4. The molecule has 2 aromatic carbocycles. The summed E-state index contributed by atoms with van der Waals surface area (Å²) in [6.45, 7) is 0.151. The van der Waals surface area contributed by atoms with E-state index in [-0.39, 0.29) is 13.1 Å². The van der Waals surface area contributed by atoms with Gasteiger partial charge in [0.2, 0.25) is 5.91 Å². The number of carbonyl (C=O) groups excluding carboxylic acids is 1. The van der Waals surface area contributed by atoms with E-state index in [1.54, 1.807) is 54.6 Å². The molecule has 0 aliphatic carbocycles. The van der Waals surface area contributed by atoms with Gasteiger partial charge in [-0.1, -0.05) is 60.7 Å². The van der Waals surface area contributed by atoms with Gasteiger partial charge in [-0.2, -0.15) is 13.2 Å². The van der Waals surface area contributed by atoms with Gasteiger partial charge in [-0.3, -0.25) is 4.79 Å². The smallest absolute Gasteiger partial charge is 0.377 e. The molecule has 0 radical (unpaired) electrons. The Balaban J connectivity index is 1.98. The van der Waals surface area contributed by atoms with Crippen molar-refractivity contribution in [3.8, 4) is 0 Å². The maximum absolute atomic E-state index is 13.0. The second-order valence-electron chi connectivity index (χ2n) is 5.10.